The van der Waals surface area contributed by atoms with Gasteiger partial charge in [0.25, 0.3) is 0 Å². The third-order valence-corrected chi connectivity index (χ3v) is 0.917. The fourth-order valence-corrected chi connectivity index (χ4v) is 0.476. The van der Waals surface area contributed by atoms with Crippen molar-refractivity contribution in [1.82, 2.24) is 0 Å². The van der Waals surface area contributed by atoms with Crippen molar-refractivity contribution >= 4 is 5.97 Å². The van der Waals surface area contributed by atoms with Crippen molar-refractivity contribution in [3.63, 3.8) is 0 Å². The van der Waals surface area contributed by atoms with Crippen molar-refractivity contribution in [2.45, 2.75) is 0 Å². The smallest absolute Gasteiger partial charge is 0.329 e. The number of carboxylic acids is 1. The summed E-state index contributed by atoms with van der Waals surface area (Å²) >= 11 is 0. The highest BCUT2D eigenvalue weighted by Gasteiger charge is 1.95. The molecule has 0 unspecified atom stereocenters. The van der Waals surface area contributed by atoms with E-state index in [-0.39, 0.29) is 33.0 Å². The molecule has 0 rings (SSSR count). The van der Waals surface area contributed by atoms with Crippen LogP contribution in [0, 0.1) is 0 Å². The van der Waals surface area contributed by atoms with Gasteiger partial charge in [0.15, 0.2) is 0 Å². The summed E-state index contributed by atoms with van der Waals surface area (Å²) in [6, 6.07) is 0. The summed E-state index contributed by atoms with van der Waals surface area (Å²) in [7, 11) is 0. The van der Waals surface area contributed by atoms with Crippen molar-refractivity contribution < 1.29 is 29.5 Å². The Morgan fingerprint density at radius 2 is 1.67 bits per heavy atom. The zero-order chi connectivity index (χ0) is 9.23. The maximum Gasteiger partial charge on any atom is 0.329 e. The molecule has 0 spiro atoms. The van der Waals surface area contributed by atoms with Crippen LogP contribution >= 0.6 is 0 Å². The van der Waals surface area contributed by atoms with E-state index in [0.29, 0.717) is 0 Å². The van der Waals surface area contributed by atoms with Crippen LogP contribution in [0.3, 0.4) is 0 Å². The van der Waals surface area contributed by atoms with Gasteiger partial charge in [-0.15, -0.1) is 0 Å². The van der Waals surface area contributed by atoms with Crippen LogP contribution in [-0.2, 0) is 19.2 Å². The van der Waals surface area contributed by atoms with Crippen molar-refractivity contribution in [3.05, 3.63) is 0 Å². The summed E-state index contributed by atoms with van der Waals surface area (Å²) < 4.78 is 9.50. The zero-order valence-electron chi connectivity index (χ0n) is 6.56. The number of hydrogen-bond acceptors (Lipinski definition) is 5. The second kappa shape index (κ2) is 8.41. The lowest BCUT2D eigenvalue weighted by atomic mass is 10.7. The maximum atomic E-state index is 9.92. The predicted molar refractivity (Wildman–Crippen MR) is 37.9 cm³/mol. The molecule has 0 aliphatic heterocycles. The third kappa shape index (κ3) is 9.31. The van der Waals surface area contributed by atoms with Crippen LogP contribution in [-0.4, -0.2) is 49.4 Å². The Kier molecular flexibility index (Phi) is 7.92. The second-order valence-electron chi connectivity index (χ2n) is 1.89. The van der Waals surface area contributed by atoms with E-state index >= 15 is 0 Å². The number of ether oxygens (including phenoxy) is 2. The summed E-state index contributed by atoms with van der Waals surface area (Å²) in [6.45, 7) is 0.542. The molecular formula is C6H12O6. The third-order valence-electron chi connectivity index (χ3n) is 0.917. The van der Waals surface area contributed by atoms with E-state index in [4.69, 9.17) is 15.1 Å². The van der Waals surface area contributed by atoms with Gasteiger partial charge >= 0.3 is 5.97 Å². The predicted octanol–water partition coefficient (Wildman–Crippen LogP) is -0.406. The summed E-state index contributed by atoms with van der Waals surface area (Å²) in [5, 5.41) is 16.0. The Morgan fingerprint density at radius 3 is 2.25 bits per heavy atom. The van der Waals surface area contributed by atoms with Gasteiger partial charge in [0, 0.05) is 0 Å². The standard InChI is InChI=1S/C6H12O6/c7-6(8)5-11-2-1-10-3-4-12-9/h9H,1-5H2,(H,7,8). The Balaban J connectivity index is 2.86. The number of carboxylic acid groups (broad SMARTS) is 1. The minimum absolute atomic E-state index is 0.0962. The SMILES string of the molecule is O=C(O)COCCOCCOO. The molecule has 0 heterocycles. The van der Waals surface area contributed by atoms with Crippen LogP contribution in [0.4, 0.5) is 0 Å². The van der Waals surface area contributed by atoms with E-state index < -0.39 is 5.97 Å². The molecule has 0 fully saturated rings. The Labute approximate surface area is 69.6 Å². The number of hydrogen-bond donors (Lipinski definition) is 2. The van der Waals surface area contributed by atoms with Crippen molar-refractivity contribution in [2.75, 3.05) is 33.0 Å². The first-order chi connectivity index (χ1) is 5.77. The van der Waals surface area contributed by atoms with Gasteiger partial charge in [-0.25, -0.2) is 9.68 Å². The minimum atomic E-state index is -1.01. The molecule has 0 saturated carbocycles. The van der Waals surface area contributed by atoms with Gasteiger partial charge in [-0.05, 0) is 0 Å². The minimum Gasteiger partial charge on any atom is -0.480 e. The van der Waals surface area contributed by atoms with Gasteiger partial charge in [0.05, 0.1) is 19.8 Å². The number of aliphatic carboxylic acids is 1. The molecule has 2 N–H and O–H groups in total. The summed E-state index contributed by atoms with van der Waals surface area (Å²) in [4.78, 5) is 13.6. The average Bonchev–Trinajstić information content (AvgIpc) is 2.02. The Bertz CT molecular complexity index is 115. The van der Waals surface area contributed by atoms with Gasteiger partial charge in [-0.1, -0.05) is 0 Å². The summed E-state index contributed by atoms with van der Waals surface area (Å²) in [6.07, 6.45) is 0. The normalized spacial score (nSPS) is 10.1. The highest BCUT2D eigenvalue weighted by atomic mass is 17.1. The lowest BCUT2D eigenvalue weighted by Gasteiger charge is -2.02. The van der Waals surface area contributed by atoms with Gasteiger partial charge in [0.2, 0.25) is 0 Å². The molecule has 6 nitrogen and oxygen atoms in total. The maximum absolute atomic E-state index is 9.92. The van der Waals surface area contributed by atoms with Crippen molar-refractivity contribution in [3.8, 4) is 0 Å². The molecule has 0 saturated heterocycles. The topological polar surface area (TPSA) is 85.2 Å². The van der Waals surface area contributed by atoms with E-state index in [1.165, 1.54) is 0 Å². The largest absolute Gasteiger partial charge is 0.480 e. The molecule has 0 atom stereocenters. The quantitative estimate of drug-likeness (QED) is 0.300. The highest BCUT2D eigenvalue weighted by Crippen LogP contribution is 1.79. The Hall–Kier alpha value is -0.690. The molecule has 0 bridgehead atoms. The summed E-state index contributed by atoms with van der Waals surface area (Å²) in [5.74, 6) is -1.01. The van der Waals surface area contributed by atoms with E-state index in [2.05, 4.69) is 9.62 Å². The monoisotopic (exact) mass is 180 g/mol. The van der Waals surface area contributed by atoms with Crippen LogP contribution in [0.25, 0.3) is 0 Å². The lowest BCUT2D eigenvalue weighted by Crippen LogP contribution is -2.12. The fraction of sp³-hybridized carbons (Fsp3) is 0.833. The lowest BCUT2D eigenvalue weighted by molar-refractivity contribution is -0.249. The van der Waals surface area contributed by atoms with Crippen LogP contribution in [0.15, 0.2) is 0 Å². The van der Waals surface area contributed by atoms with Gasteiger partial charge < -0.3 is 14.6 Å². The van der Waals surface area contributed by atoms with Crippen LogP contribution < -0.4 is 0 Å². The summed E-state index contributed by atoms with van der Waals surface area (Å²) in [5.41, 5.74) is 0. The fourth-order valence-electron chi connectivity index (χ4n) is 0.476. The molecule has 6 heteroatoms. The molecule has 0 radical (unpaired) electrons. The van der Waals surface area contributed by atoms with Crippen LogP contribution in [0.1, 0.15) is 0 Å². The van der Waals surface area contributed by atoms with E-state index in [1.807, 2.05) is 0 Å². The number of carbonyl (C=O) groups is 1. The molecule has 12 heavy (non-hydrogen) atoms. The van der Waals surface area contributed by atoms with Crippen LogP contribution in [0.5, 0.6) is 0 Å². The molecule has 0 aromatic heterocycles. The molecule has 0 amide bonds. The molecule has 0 aromatic rings. The van der Waals surface area contributed by atoms with Gasteiger partial charge in [-0.3, -0.25) is 5.26 Å². The Morgan fingerprint density at radius 1 is 1.08 bits per heavy atom. The first-order valence-electron chi connectivity index (χ1n) is 3.41. The van der Waals surface area contributed by atoms with E-state index in [0.717, 1.165) is 0 Å². The van der Waals surface area contributed by atoms with Gasteiger partial charge in [0.1, 0.15) is 13.2 Å². The second-order valence-corrected chi connectivity index (χ2v) is 1.89. The number of rotatable bonds is 8. The molecule has 0 aromatic carbocycles. The zero-order valence-corrected chi connectivity index (χ0v) is 6.56. The van der Waals surface area contributed by atoms with Crippen LogP contribution in [0.2, 0.25) is 0 Å². The van der Waals surface area contributed by atoms with Crippen molar-refractivity contribution in [1.29, 1.82) is 0 Å². The van der Waals surface area contributed by atoms with Crippen molar-refractivity contribution in [2.24, 2.45) is 0 Å². The molecule has 72 valence electrons. The average molecular weight is 180 g/mol. The molecule has 0 aliphatic rings. The first-order valence-corrected chi connectivity index (χ1v) is 3.41. The highest BCUT2D eigenvalue weighted by molar-refractivity contribution is 5.67. The first kappa shape index (κ1) is 11.3. The van der Waals surface area contributed by atoms with Gasteiger partial charge in [-0.2, -0.15) is 0 Å². The molecular weight excluding hydrogens is 168 g/mol. The molecule has 0 aliphatic carbocycles. The van der Waals surface area contributed by atoms with E-state index in [1.54, 1.807) is 0 Å². The van der Waals surface area contributed by atoms with E-state index in [9.17, 15) is 4.79 Å².